The molecular weight excluding hydrogens is 376 g/mol. The van der Waals surface area contributed by atoms with Crippen LogP contribution in [0.25, 0.3) is 9.78 Å². The normalized spacial score (nSPS) is 10.9. The van der Waals surface area contributed by atoms with Crippen LogP contribution in [-0.4, -0.2) is 35.5 Å². The Morgan fingerprint density at radius 3 is 2.86 bits per heavy atom. The van der Waals surface area contributed by atoms with E-state index in [-0.39, 0.29) is 19.5 Å². The van der Waals surface area contributed by atoms with Gasteiger partial charge in [-0.2, -0.15) is 0 Å². The molecule has 2 N–H and O–H groups in total. The average Bonchev–Trinajstić information content (AvgIpc) is 2.81. The number of aromatic nitrogens is 2. The number of anilines is 2. The van der Waals surface area contributed by atoms with Crippen LogP contribution in [0.15, 0.2) is 24.5 Å². The number of fused-ring (bicyclic) bond motifs is 1. The Kier molecular flexibility index (Phi) is 3.86. The molecule has 0 amide bonds. The fraction of sp³-hybridized carbons (Fsp3) is 0.0714. The Morgan fingerprint density at radius 2 is 2.18 bits per heavy atom. The number of carbonyl (C=O) groups is 1. The Bertz CT molecular complexity index is 897. The summed E-state index contributed by atoms with van der Waals surface area (Å²) in [5.74, 6) is -0.956. The van der Waals surface area contributed by atoms with E-state index in [4.69, 9.17) is 11.6 Å². The molecule has 0 saturated heterocycles. The second-order valence-corrected chi connectivity index (χ2v) is 7.02. The number of aryl methyl sites for hydroxylation is 1. The minimum atomic E-state index is -0.939. The molecule has 0 aliphatic rings. The number of aromatic carboxylic acids is 1. The van der Waals surface area contributed by atoms with Crippen LogP contribution in [0.5, 0.6) is 0 Å². The Hall–Kier alpha value is -1.95. The van der Waals surface area contributed by atoms with Gasteiger partial charge in [-0.15, -0.1) is 0 Å². The molecule has 0 saturated carbocycles. The molecule has 0 fully saturated rings. The predicted molar refractivity (Wildman–Crippen MR) is 82.9 cm³/mol. The third kappa shape index (κ3) is 2.59. The van der Waals surface area contributed by atoms with Gasteiger partial charge in [0.05, 0.1) is 0 Å². The van der Waals surface area contributed by atoms with E-state index in [0.717, 1.165) is 0 Å². The Balaban J connectivity index is 2.10. The van der Waals surface area contributed by atoms with Crippen molar-refractivity contribution < 1.29 is 14.3 Å². The monoisotopic (exact) mass is 385 g/mol. The fourth-order valence-electron chi connectivity index (χ4n) is 2.08. The molecule has 3 aromatic rings. The SMILES string of the molecule is Cc1c(C(=O)O)[se]c2ncnc(Nc3ccc(F)c(Cl)c3)c12. The molecule has 0 atom stereocenters. The van der Waals surface area contributed by atoms with Crippen molar-refractivity contribution in [2.45, 2.75) is 6.92 Å². The first-order valence-electron chi connectivity index (χ1n) is 6.17. The van der Waals surface area contributed by atoms with Crippen molar-refractivity contribution in [1.29, 1.82) is 0 Å². The summed E-state index contributed by atoms with van der Waals surface area (Å²) in [5.41, 5.74) is 1.22. The third-order valence-corrected chi connectivity index (χ3v) is 5.89. The zero-order valence-electron chi connectivity index (χ0n) is 11.2. The first-order chi connectivity index (χ1) is 10.5. The van der Waals surface area contributed by atoms with Crippen molar-refractivity contribution in [3.8, 4) is 0 Å². The van der Waals surface area contributed by atoms with Crippen LogP contribution in [0.1, 0.15) is 14.8 Å². The number of nitrogens with zero attached hydrogens (tertiary/aromatic N) is 2. The van der Waals surface area contributed by atoms with Gasteiger partial charge in [-0.3, -0.25) is 0 Å². The van der Waals surface area contributed by atoms with E-state index >= 15 is 0 Å². The summed E-state index contributed by atoms with van der Waals surface area (Å²) in [7, 11) is 0. The summed E-state index contributed by atoms with van der Waals surface area (Å²) in [5, 5.41) is 13.0. The van der Waals surface area contributed by atoms with Crippen LogP contribution in [-0.2, 0) is 0 Å². The van der Waals surface area contributed by atoms with E-state index in [1.54, 1.807) is 6.92 Å². The summed E-state index contributed by atoms with van der Waals surface area (Å²) < 4.78 is 14.3. The van der Waals surface area contributed by atoms with Crippen molar-refractivity contribution in [2.24, 2.45) is 0 Å². The summed E-state index contributed by atoms with van der Waals surface area (Å²) in [6.07, 6.45) is 1.38. The van der Waals surface area contributed by atoms with E-state index < -0.39 is 11.8 Å². The van der Waals surface area contributed by atoms with Crippen molar-refractivity contribution in [3.63, 3.8) is 0 Å². The van der Waals surface area contributed by atoms with Gasteiger partial charge >= 0.3 is 135 Å². The fourth-order valence-corrected chi connectivity index (χ4v) is 4.33. The summed E-state index contributed by atoms with van der Waals surface area (Å²) in [6.45, 7) is 1.74. The van der Waals surface area contributed by atoms with E-state index in [0.29, 0.717) is 31.3 Å². The molecule has 0 spiro atoms. The zero-order chi connectivity index (χ0) is 15.9. The molecule has 0 bridgehead atoms. The molecule has 8 heteroatoms. The average molecular weight is 385 g/mol. The molecular formula is C14H9ClFN3O2Se. The molecule has 0 unspecified atom stereocenters. The molecule has 22 heavy (non-hydrogen) atoms. The molecule has 3 rings (SSSR count). The molecule has 112 valence electrons. The zero-order valence-corrected chi connectivity index (χ0v) is 13.7. The topological polar surface area (TPSA) is 75.1 Å². The second-order valence-electron chi connectivity index (χ2n) is 4.52. The molecule has 5 nitrogen and oxygen atoms in total. The number of nitrogens with one attached hydrogen (secondary N) is 1. The van der Waals surface area contributed by atoms with Gasteiger partial charge in [0.1, 0.15) is 0 Å². The first-order valence-corrected chi connectivity index (χ1v) is 8.26. The van der Waals surface area contributed by atoms with Crippen LogP contribution in [0.3, 0.4) is 0 Å². The predicted octanol–water partition coefficient (Wildman–Crippen LogP) is 3.23. The third-order valence-electron chi connectivity index (χ3n) is 3.10. The standard InChI is InChI=1S/C14H9ClFN3O2Se/c1-6-10-12(19-7-2-3-9(16)8(15)4-7)17-5-18-13(10)22-11(6)14(20)21/h2-5H,1H3,(H,20,21)(H,17,18,19). The maximum absolute atomic E-state index is 13.2. The molecule has 1 aromatic carbocycles. The number of hydrogen-bond donors (Lipinski definition) is 2. The van der Waals surface area contributed by atoms with Gasteiger partial charge in [-0.05, 0) is 0 Å². The van der Waals surface area contributed by atoms with E-state index in [1.165, 1.54) is 24.5 Å². The number of benzene rings is 1. The van der Waals surface area contributed by atoms with Gasteiger partial charge in [-0.25, -0.2) is 0 Å². The number of carboxylic acid groups (broad SMARTS) is 1. The van der Waals surface area contributed by atoms with Crippen molar-refractivity contribution in [3.05, 3.63) is 45.4 Å². The molecule has 2 aromatic heterocycles. The van der Waals surface area contributed by atoms with Gasteiger partial charge in [0.2, 0.25) is 0 Å². The maximum atomic E-state index is 13.2. The van der Waals surface area contributed by atoms with Gasteiger partial charge in [0.25, 0.3) is 0 Å². The number of hydrogen-bond acceptors (Lipinski definition) is 4. The van der Waals surface area contributed by atoms with E-state index in [1.807, 2.05) is 0 Å². The minimum absolute atomic E-state index is 0.00147. The first kappa shape index (κ1) is 15.0. The number of halogens is 2. The van der Waals surface area contributed by atoms with Gasteiger partial charge in [0, 0.05) is 0 Å². The van der Waals surface area contributed by atoms with Crippen LogP contribution in [0, 0.1) is 12.7 Å². The van der Waals surface area contributed by atoms with Crippen LogP contribution in [0.4, 0.5) is 15.9 Å². The van der Waals surface area contributed by atoms with Crippen molar-refractivity contribution in [2.75, 3.05) is 5.32 Å². The second kappa shape index (κ2) is 5.68. The summed E-state index contributed by atoms with van der Waals surface area (Å²) in [6, 6.07) is 4.23. The number of rotatable bonds is 3. The van der Waals surface area contributed by atoms with Gasteiger partial charge in [-0.1, -0.05) is 0 Å². The Morgan fingerprint density at radius 1 is 1.41 bits per heavy atom. The van der Waals surface area contributed by atoms with Crippen molar-refractivity contribution >= 4 is 53.4 Å². The number of carboxylic acids is 1. The Labute approximate surface area is 135 Å². The molecule has 0 aliphatic carbocycles. The van der Waals surface area contributed by atoms with E-state index in [2.05, 4.69) is 15.3 Å². The van der Waals surface area contributed by atoms with Crippen LogP contribution < -0.4 is 5.32 Å². The van der Waals surface area contributed by atoms with Crippen LogP contribution in [0.2, 0.25) is 5.02 Å². The van der Waals surface area contributed by atoms with Crippen molar-refractivity contribution in [1.82, 2.24) is 9.97 Å². The van der Waals surface area contributed by atoms with E-state index in [9.17, 15) is 14.3 Å². The summed E-state index contributed by atoms with van der Waals surface area (Å²) in [4.78, 5) is 19.6. The quantitative estimate of drug-likeness (QED) is 0.678. The molecule has 0 radical (unpaired) electrons. The summed E-state index contributed by atoms with van der Waals surface area (Å²) >= 11 is 5.40. The van der Waals surface area contributed by atoms with Gasteiger partial charge < -0.3 is 0 Å². The van der Waals surface area contributed by atoms with Gasteiger partial charge in [0.15, 0.2) is 0 Å². The van der Waals surface area contributed by atoms with Crippen LogP contribution >= 0.6 is 11.6 Å². The molecule has 2 heterocycles. The molecule has 0 aliphatic heterocycles.